The molecule has 140 valence electrons. The summed E-state index contributed by atoms with van der Waals surface area (Å²) in [6.07, 6.45) is 1.59. The van der Waals surface area contributed by atoms with Crippen LogP contribution in [0.25, 0.3) is 21.3 Å². The van der Waals surface area contributed by atoms with Gasteiger partial charge in [-0.25, -0.2) is 14.4 Å². The first kappa shape index (κ1) is 17.0. The van der Waals surface area contributed by atoms with E-state index in [-0.39, 0.29) is 11.9 Å². The van der Waals surface area contributed by atoms with E-state index in [0.29, 0.717) is 36.5 Å². The second kappa shape index (κ2) is 6.82. The number of aryl methyl sites for hydroxylation is 1. The number of rotatable bonds is 3. The van der Waals surface area contributed by atoms with Gasteiger partial charge in [-0.2, -0.15) is 0 Å². The Morgan fingerprint density at radius 2 is 2.00 bits per heavy atom. The van der Waals surface area contributed by atoms with Gasteiger partial charge < -0.3 is 14.8 Å². The fourth-order valence-corrected chi connectivity index (χ4v) is 4.96. The molecule has 3 aromatic rings. The van der Waals surface area contributed by atoms with E-state index in [0.717, 1.165) is 34.4 Å². The molecule has 0 saturated carbocycles. The van der Waals surface area contributed by atoms with Crippen molar-refractivity contribution in [2.24, 2.45) is 11.8 Å². The van der Waals surface area contributed by atoms with Gasteiger partial charge >= 0.3 is 0 Å². The number of hydrogen-bond acceptors (Lipinski definition) is 6. The molecule has 2 saturated heterocycles. The molecule has 2 aliphatic heterocycles. The van der Waals surface area contributed by atoms with Crippen molar-refractivity contribution in [1.29, 1.82) is 0 Å². The smallest absolute Gasteiger partial charge is 0.235 e. The minimum absolute atomic E-state index is 0.0831. The molecule has 1 aromatic carbocycles. The Balaban J connectivity index is 1.52. The highest BCUT2D eigenvalue weighted by Crippen LogP contribution is 2.39. The minimum Gasteiger partial charge on any atom is -0.472 e. The van der Waals surface area contributed by atoms with Crippen LogP contribution in [0.15, 0.2) is 29.9 Å². The highest BCUT2D eigenvalue weighted by molar-refractivity contribution is 7.18. The highest BCUT2D eigenvalue weighted by atomic mass is 32.1. The van der Waals surface area contributed by atoms with Gasteiger partial charge in [0.2, 0.25) is 5.88 Å². The fraction of sp³-hybridized carbons (Fsp3) is 0.400. The van der Waals surface area contributed by atoms with Crippen LogP contribution in [-0.2, 0) is 4.74 Å². The lowest BCUT2D eigenvalue weighted by molar-refractivity contribution is -0.0828. The SMILES string of the molecule is Cc1ccc(-c2csc3c(OC4C5CNCC4COC5)ncnc23)c(F)c1. The maximum absolute atomic E-state index is 14.5. The summed E-state index contributed by atoms with van der Waals surface area (Å²) in [5.74, 6) is 0.987. The van der Waals surface area contributed by atoms with Crippen molar-refractivity contribution < 1.29 is 13.9 Å². The van der Waals surface area contributed by atoms with Gasteiger partial charge in [0, 0.05) is 41.4 Å². The molecule has 2 fully saturated rings. The van der Waals surface area contributed by atoms with Crippen LogP contribution in [0.2, 0.25) is 0 Å². The van der Waals surface area contributed by atoms with Crippen LogP contribution in [0.1, 0.15) is 5.56 Å². The molecular weight excluding hydrogens is 365 g/mol. The third-order valence-electron chi connectivity index (χ3n) is 5.39. The first-order valence-corrected chi connectivity index (χ1v) is 10.0. The molecule has 1 N–H and O–H groups in total. The standard InChI is InChI=1S/C20H20FN3O2S/c1-11-2-3-14(16(21)4-11)15-9-27-19-17(15)23-10-24-20(19)26-18-12-5-22-6-13(18)8-25-7-12/h2-4,9-10,12-13,18,22H,5-8H2,1H3. The predicted molar refractivity (Wildman–Crippen MR) is 103 cm³/mol. The van der Waals surface area contributed by atoms with Crippen molar-refractivity contribution in [3.8, 4) is 17.0 Å². The molecular formula is C20H20FN3O2S. The van der Waals surface area contributed by atoms with Crippen LogP contribution in [0.5, 0.6) is 5.88 Å². The number of hydrogen-bond donors (Lipinski definition) is 1. The number of thiophene rings is 1. The van der Waals surface area contributed by atoms with Crippen LogP contribution < -0.4 is 10.1 Å². The van der Waals surface area contributed by atoms with Crippen molar-refractivity contribution in [3.05, 3.63) is 41.3 Å². The lowest BCUT2D eigenvalue weighted by Crippen LogP contribution is -2.56. The second-order valence-electron chi connectivity index (χ2n) is 7.29. The van der Waals surface area contributed by atoms with Crippen LogP contribution in [0.4, 0.5) is 4.39 Å². The Kier molecular flexibility index (Phi) is 4.30. The number of benzene rings is 1. The minimum atomic E-state index is -0.235. The first-order valence-electron chi connectivity index (χ1n) is 9.14. The summed E-state index contributed by atoms with van der Waals surface area (Å²) in [6, 6.07) is 5.27. The van der Waals surface area contributed by atoms with E-state index in [1.807, 2.05) is 24.4 Å². The van der Waals surface area contributed by atoms with Crippen molar-refractivity contribution in [3.63, 3.8) is 0 Å². The van der Waals surface area contributed by atoms with Gasteiger partial charge in [-0.05, 0) is 18.6 Å². The molecule has 7 heteroatoms. The summed E-state index contributed by atoms with van der Waals surface area (Å²) in [5, 5.41) is 5.38. The highest BCUT2D eigenvalue weighted by Gasteiger charge is 2.39. The molecule has 0 aliphatic carbocycles. The molecule has 2 aliphatic rings. The molecule has 5 nitrogen and oxygen atoms in total. The molecule has 0 radical (unpaired) electrons. The third kappa shape index (κ3) is 2.99. The summed E-state index contributed by atoms with van der Waals surface area (Å²) < 4.78 is 27.4. The Bertz CT molecular complexity index is 971. The largest absolute Gasteiger partial charge is 0.472 e. The maximum Gasteiger partial charge on any atom is 0.235 e. The normalized spacial score (nSPS) is 24.9. The molecule has 2 aromatic heterocycles. The van der Waals surface area contributed by atoms with Crippen molar-refractivity contribution in [2.75, 3.05) is 26.3 Å². The first-order chi connectivity index (χ1) is 13.2. The Labute approximate surface area is 160 Å². The Morgan fingerprint density at radius 3 is 2.78 bits per heavy atom. The lowest BCUT2D eigenvalue weighted by atomic mass is 9.86. The summed E-state index contributed by atoms with van der Waals surface area (Å²) in [6.45, 7) is 5.06. The predicted octanol–water partition coefficient (Wildman–Crippen LogP) is 3.42. The van der Waals surface area contributed by atoms with Crippen molar-refractivity contribution in [2.45, 2.75) is 13.0 Å². The van der Waals surface area contributed by atoms with Gasteiger partial charge in [-0.15, -0.1) is 11.3 Å². The van der Waals surface area contributed by atoms with Gasteiger partial charge in [-0.1, -0.05) is 12.1 Å². The van der Waals surface area contributed by atoms with E-state index in [1.165, 1.54) is 17.7 Å². The Hall–Kier alpha value is -2.09. The molecule has 5 rings (SSSR count). The van der Waals surface area contributed by atoms with Gasteiger partial charge in [0.15, 0.2) is 0 Å². The summed E-state index contributed by atoms with van der Waals surface area (Å²) >= 11 is 1.50. The zero-order valence-electron chi connectivity index (χ0n) is 14.9. The van der Waals surface area contributed by atoms with E-state index >= 15 is 0 Å². The fourth-order valence-electron chi connectivity index (χ4n) is 4.01. The molecule has 2 atom stereocenters. The lowest BCUT2D eigenvalue weighted by Gasteiger charge is -2.41. The number of nitrogens with one attached hydrogen (secondary N) is 1. The molecule has 0 spiro atoms. The number of halogens is 1. The van der Waals surface area contributed by atoms with Gasteiger partial charge in [-0.3, -0.25) is 0 Å². The Morgan fingerprint density at radius 1 is 1.19 bits per heavy atom. The van der Waals surface area contributed by atoms with Gasteiger partial charge in [0.1, 0.15) is 22.9 Å². The van der Waals surface area contributed by atoms with E-state index in [4.69, 9.17) is 9.47 Å². The summed E-state index contributed by atoms with van der Waals surface area (Å²) in [7, 11) is 0. The van der Waals surface area contributed by atoms with Gasteiger partial charge in [0.05, 0.1) is 18.7 Å². The van der Waals surface area contributed by atoms with E-state index in [9.17, 15) is 4.39 Å². The van der Waals surface area contributed by atoms with Gasteiger partial charge in [0.25, 0.3) is 0 Å². The van der Waals surface area contributed by atoms with E-state index < -0.39 is 0 Å². The molecule has 0 amide bonds. The van der Waals surface area contributed by atoms with Crippen LogP contribution >= 0.6 is 11.3 Å². The number of ether oxygens (including phenoxy) is 2. The number of fused-ring (bicyclic) bond motifs is 3. The maximum atomic E-state index is 14.5. The number of piperidine rings is 1. The number of nitrogens with zero attached hydrogens (tertiary/aromatic N) is 2. The average Bonchev–Trinajstić information content (AvgIpc) is 3.06. The molecule has 27 heavy (non-hydrogen) atoms. The quantitative estimate of drug-likeness (QED) is 0.749. The topological polar surface area (TPSA) is 56.3 Å². The zero-order chi connectivity index (χ0) is 18.4. The van der Waals surface area contributed by atoms with Crippen LogP contribution in [0, 0.1) is 24.6 Å². The third-order valence-corrected chi connectivity index (χ3v) is 6.35. The summed E-state index contributed by atoms with van der Waals surface area (Å²) in [4.78, 5) is 8.82. The molecule has 4 heterocycles. The van der Waals surface area contributed by atoms with E-state index in [2.05, 4.69) is 15.3 Å². The average molecular weight is 385 g/mol. The van der Waals surface area contributed by atoms with E-state index in [1.54, 1.807) is 6.07 Å². The molecule has 2 bridgehead atoms. The monoisotopic (exact) mass is 385 g/mol. The van der Waals surface area contributed by atoms with Crippen LogP contribution in [-0.4, -0.2) is 42.4 Å². The summed E-state index contributed by atoms with van der Waals surface area (Å²) in [5.41, 5.74) is 2.98. The second-order valence-corrected chi connectivity index (χ2v) is 8.17. The zero-order valence-corrected chi connectivity index (χ0v) is 15.8. The van der Waals surface area contributed by atoms with Crippen molar-refractivity contribution in [1.82, 2.24) is 15.3 Å². The van der Waals surface area contributed by atoms with Crippen LogP contribution in [0.3, 0.4) is 0 Å². The number of aromatic nitrogens is 2. The van der Waals surface area contributed by atoms with Crippen molar-refractivity contribution >= 4 is 21.6 Å². The molecule has 2 unspecified atom stereocenters.